The van der Waals surface area contributed by atoms with Crippen molar-refractivity contribution in [3.8, 4) is 11.8 Å². The zero-order chi connectivity index (χ0) is 23.3. The normalized spacial score (nSPS) is 44.2. The summed E-state index contributed by atoms with van der Waals surface area (Å²) in [5, 5.41) is 31.4. The first-order valence-electron chi connectivity index (χ1n) is 12.9. The van der Waals surface area contributed by atoms with Gasteiger partial charge in [-0.2, -0.15) is 0 Å². The minimum absolute atomic E-state index is 0.0490. The summed E-state index contributed by atoms with van der Waals surface area (Å²) in [4.78, 5) is 13.2. The largest absolute Gasteiger partial charge is 0.395 e. The summed E-state index contributed by atoms with van der Waals surface area (Å²) in [5.41, 5.74) is -0.555. The second kappa shape index (κ2) is 8.46. The van der Waals surface area contributed by atoms with E-state index < -0.39 is 5.60 Å². The Hall–Kier alpha value is -1.78. The number of hydrogen-bond acceptors (Lipinski definition) is 6. The monoisotopic (exact) mass is 454 g/mol. The van der Waals surface area contributed by atoms with Gasteiger partial charge in [-0.15, -0.1) is 5.10 Å². The summed E-state index contributed by atoms with van der Waals surface area (Å²) in [6.07, 6.45) is 11.3. The first kappa shape index (κ1) is 23.0. The van der Waals surface area contributed by atoms with E-state index in [0.717, 1.165) is 44.9 Å². The number of nitrogens with zero attached hydrogens (tertiary/aromatic N) is 4. The predicted molar refractivity (Wildman–Crippen MR) is 122 cm³/mol. The number of carbonyl (C=O) groups is 1. The van der Waals surface area contributed by atoms with Gasteiger partial charge in [0.05, 0.1) is 6.61 Å². The van der Waals surface area contributed by atoms with Crippen LogP contribution in [0.3, 0.4) is 0 Å². The Morgan fingerprint density at radius 1 is 1.09 bits per heavy atom. The maximum atomic E-state index is 13.2. The van der Waals surface area contributed by atoms with Crippen molar-refractivity contribution in [3.63, 3.8) is 0 Å². The minimum Gasteiger partial charge on any atom is -0.395 e. The van der Waals surface area contributed by atoms with E-state index in [-0.39, 0.29) is 35.7 Å². The van der Waals surface area contributed by atoms with Gasteiger partial charge in [0.15, 0.2) is 5.78 Å². The third-order valence-corrected chi connectivity index (χ3v) is 10.4. The fraction of sp³-hybridized carbons (Fsp3) is 0.846. The number of Topliss-reactive ketones (excluding diaryl/α,β-unsaturated/α-hetero) is 1. The Kier molecular flexibility index (Phi) is 5.89. The number of rotatable bonds is 4. The molecule has 7 nitrogen and oxygen atoms in total. The Labute approximate surface area is 196 Å². The maximum absolute atomic E-state index is 13.2. The highest BCUT2D eigenvalue weighted by Crippen LogP contribution is 2.68. The van der Waals surface area contributed by atoms with Gasteiger partial charge >= 0.3 is 0 Å². The summed E-state index contributed by atoms with van der Waals surface area (Å²) in [6, 6.07) is 0. The number of aliphatic hydroxyl groups is 2. The van der Waals surface area contributed by atoms with Crippen molar-refractivity contribution in [2.75, 3.05) is 6.61 Å². The molecule has 0 spiro atoms. The highest BCUT2D eigenvalue weighted by atomic mass is 16.3. The first-order chi connectivity index (χ1) is 15.8. The van der Waals surface area contributed by atoms with Crippen LogP contribution in [0, 0.1) is 52.3 Å². The fourth-order valence-electron chi connectivity index (χ4n) is 8.69. The van der Waals surface area contributed by atoms with E-state index in [1.807, 2.05) is 0 Å². The number of carbonyl (C=O) groups excluding carboxylic acids is 1. The molecule has 33 heavy (non-hydrogen) atoms. The molecular formula is C26H38N4O3. The lowest BCUT2D eigenvalue weighted by molar-refractivity contribution is -0.145. The average Bonchev–Trinajstić information content (AvgIpc) is 3.41. The quantitative estimate of drug-likeness (QED) is 0.678. The van der Waals surface area contributed by atoms with Crippen LogP contribution in [0.5, 0.6) is 0 Å². The molecule has 0 saturated heterocycles. The average molecular weight is 455 g/mol. The van der Waals surface area contributed by atoms with Crippen LogP contribution in [0.25, 0.3) is 0 Å². The molecule has 0 unspecified atom stereocenters. The lowest BCUT2D eigenvalue weighted by Crippen LogP contribution is -2.56. The molecule has 0 radical (unpaired) electrons. The highest BCUT2D eigenvalue weighted by molar-refractivity contribution is 5.82. The smallest absolute Gasteiger partial charge is 0.158 e. The molecule has 0 aliphatic heterocycles. The van der Waals surface area contributed by atoms with E-state index in [0.29, 0.717) is 30.1 Å². The van der Waals surface area contributed by atoms with E-state index in [4.69, 9.17) is 5.11 Å². The zero-order valence-corrected chi connectivity index (χ0v) is 20.0. The van der Waals surface area contributed by atoms with Gasteiger partial charge in [0.1, 0.15) is 18.5 Å². The van der Waals surface area contributed by atoms with Gasteiger partial charge < -0.3 is 10.2 Å². The molecule has 4 saturated carbocycles. The van der Waals surface area contributed by atoms with Crippen molar-refractivity contribution in [2.24, 2.45) is 40.4 Å². The molecule has 0 aromatic carbocycles. The molecule has 1 heterocycles. The van der Waals surface area contributed by atoms with Crippen LogP contribution in [0.15, 0.2) is 6.33 Å². The Morgan fingerprint density at radius 3 is 2.67 bits per heavy atom. The Balaban J connectivity index is 1.31. The Bertz CT molecular complexity index is 939. The van der Waals surface area contributed by atoms with Crippen molar-refractivity contribution in [1.82, 2.24) is 20.2 Å². The number of ketones is 1. The highest BCUT2D eigenvalue weighted by Gasteiger charge is 2.62. The van der Waals surface area contributed by atoms with Gasteiger partial charge in [-0.05, 0) is 103 Å². The number of aromatic nitrogens is 4. The molecule has 8 atom stereocenters. The lowest BCUT2D eigenvalue weighted by Gasteiger charge is -2.61. The lowest BCUT2D eigenvalue weighted by atomic mass is 9.44. The summed E-state index contributed by atoms with van der Waals surface area (Å²) < 4.78 is 1.56. The number of fused-ring (bicyclic) bond motifs is 5. The number of hydrogen-bond donors (Lipinski definition) is 2. The summed E-state index contributed by atoms with van der Waals surface area (Å²) in [7, 11) is 0. The molecule has 4 aliphatic rings. The van der Waals surface area contributed by atoms with E-state index in [2.05, 4.69) is 41.2 Å². The molecule has 2 N–H and O–H groups in total. The molecule has 1 aromatic rings. The van der Waals surface area contributed by atoms with Crippen molar-refractivity contribution in [2.45, 2.75) is 90.2 Å². The standard InChI is InChI=1S/C26H38N4O3/c1-24-12-13-26(33,10-3-4-14-31)15-18(24)5-6-19-20-7-8-22(25(20,2)11-9-21(19)24)23(32)16-30-17-27-28-29-30/h17-22,31,33H,4-9,11-16H2,1-2H3/t18-,19+,20+,21+,22-,24+,25+,26-/m1/s1. The van der Waals surface area contributed by atoms with Crippen LogP contribution in [-0.4, -0.2) is 48.4 Å². The van der Waals surface area contributed by atoms with E-state index >= 15 is 0 Å². The van der Waals surface area contributed by atoms with E-state index in [9.17, 15) is 9.90 Å². The molecule has 1 aromatic heterocycles. The summed E-state index contributed by atoms with van der Waals surface area (Å²) in [6.45, 7) is 5.19. The van der Waals surface area contributed by atoms with Crippen molar-refractivity contribution < 1.29 is 15.0 Å². The van der Waals surface area contributed by atoms with Crippen LogP contribution in [-0.2, 0) is 11.3 Å². The second-order valence-corrected chi connectivity index (χ2v) is 11.8. The minimum atomic E-state index is -0.892. The van der Waals surface area contributed by atoms with Crippen LogP contribution < -0.4 is 0 Å². The Morgan fingerprint density at radius 2 is 1.91 bits per heavy atom. The molecule has 5 rings (SSSR count). The molecule has 7 heteroatoms. The van der Waals surface area contributed by atoms with Gasteiger partial charge in [-0.1, -0.05) is 25.7 Å². The molecule has 0 bridgehead atoms. The fourth-order valence-corrected chi connectivity index (χ4v) is 8.69. The molecular weight excluding hydrogens is 416 g/mol. The SMILES string of the molecule is C[C@]12CC[C@](O)(C#CCCO)C[C@H]1CC[C@@H]1[C@@H]2CC[C@]2(C)[C@@H](C(=O)Cn3cnnn3)CC[C@@H]12. The molecule has 0 amide bonds. The van der Waals surface area contributed by atoms with Gasteiger partial charge in [0.25, 0.3) is 0 Å². The summed E-state index contributed by atoms with van der Waals surface area (Å²) >= 11 is 0. The topological polar surface area (TPSA) is 101 Å². The first-order valence-corrected chi connectivity index (χ1v) is 12.9. The van der Waals surface area contributed by atoms with Crippen LogP contribution in [0.1, 0.15) is 78.1 Å². The van der Waals surface area contributed by atoms with Crippen LogP contribution in [0.4, 0.5) is 0 Å². The second-order valence-electron chi connectivity index (χ2n) is 11.8. The molecule has 4 fully saturated rings. The maximum Gasteiger partial charge on any atom is 0.158 e. The van der Waals surface area contributed by atoms with E-state index in [1.54, 1.807) is 4.68 Å². The van der Waals surface area contributed by atoms with E-state index in [1.165, 1.54) is 19.2 Å². The molecule has 4 aliphatic carbocycles. The van der Waals surface area contributed by atoms with Crippen molar-refractivity contribution >= 4 is 5.78 Å². The predicted octanol–water partition coefficient (Wildman–Crippen LogP) is 3.02. The van der Waals surface area contributed by atoms with Crippen LogP contribution >= 0.6 is 0 Å². The van der Waals surface area contributed by atoms with Gasteiger partial charge in [-0.3, -0.25) is 4.79 Å². The van der Waals surface area contributed by atoms with Crippen LogP contribution in [0.2, 0.25) is 0 Å². The summed E-state index contributed by atoms with van der Waals surface area (Å²) in [5.74, 6) is 8.95. The zero-order valence-electron chi connectivity index (χ0n) is 20.0. The van der Waals surface area contributed by atoms with Crippen molar-refractivity contribution in [3.05, 3.63) is 6.33 Å². The van der Waals surface area contributed by atoms with Gasteiger partial charge in [0.2, 0.25) is 0 Å². The number of aliphatic hydroxyl groups excluding tert-OH is 1. The van der Waals surface area contributed by atoms with Gasteiger partial charge in [0, 0.05) is 12.3 Å². The third kappa shape index (κ3) is 3.83. The van der Waals surface area contributed by atoms with Gasteiger partial charge in [-0.25, -0.2) is 4.68 Å². The van der Waals surface area contributed by atoms with Crippen molar-refractivity contribution in [1.29, 1.82) is 0 Å². The number of tetrazole rings is 1. The molecule has 180 valence electrons. The third-order valence-electron chi connectivity index (χ3n) is 10.4.